The highest BCUT2D eigenvalue weighted by Gasteiger charge is 2.09. The molecule has 0 aliphatic heterocycles. The van der Waals surface area contributed by atoms with E-state index in [-0.39, 0.29) is 5.97 Å². The molecule has 0 saturated heterocycles. The molecule has 15 heavy (non-hydrogen) atoms. The number of benzene rings is 1. The summed E-state index contributed by atoms with van der Waals surface area (Å²) >= 11 is 5.73. The Morgan fingerprint density at radius 2 is 2.07 bits per heavy atom. The maximum Gasteiger partial charge on any atom is 0.330 e. The summed E-state index contributed by atoms with van der Waals surface area (Å²) in [5.74, 6) is -0.347. The van der Waals surface area contributed by atoms with E-state index in [0.717, 1.165) is 5.56 Å². The van der Waals surface area contributed by atoms with E-state index in [4.69, 9.17) is 11.6 Å². The van der Waals surface area contributed by atoms with E-state index in [9.17, 15) is 4.79 Å². The van der Waals surface area contributed by atoms with Gasteiger partial charge in [0.15, 0.2) is 0 Å². The number of carbonyl (C=O) groups excluding carboxylic acids is 1. The first-order valence-corrected chi connectivity index (χ1v) is 4.88. The zero-order valence-corrected chi connectivity index (χ0v) is 9.36. The molecule has 80 valence electrons. The van der Waals surface area contributed by atoms with E-state index >= 15 is 0 Å². The predicted molar refractivity (Wildman–Crippen MR) is 60.5 cm³/mol. The monoisotopic (exact) mass is 225 g/mol. The zero-order chi connectivity index (χ0) is 11.3. The van der Waals surface area contributed by atoms with Gasteiger partial charge in [0, 0.05) is 11.2 Å². The molecule has 0 bridgehead atoms. The Morgan fingerprint density at radius 3 is 2.60 bits per heavy atom. The van der Waals surface area contributed by atoms with Gasteiger partial charge in [-0.1, -0.05) is 23.7 Å². The average Bonchev–Trinajstić information content (AvgIpc) is 2.26. The lowest BCUT2D eigenvalue weighted by molar-refractivity contribution is -0.141. The van der Waals surface area contributed by atoms with Crippen LogP contribution in [0.2, 0.25) is 5.02 Å². The van der Waals surface area contributed by atoms with Crippen molar-refractivity contribution in [1.82, 2.24) is 0 Å². The van der Waals surface area contributed by atoms with Crippen molar-refractivity contribution in [2.24, 2.45) is 4.99 Å². The summed E-state index contributed by atoms with van der Waals surface area (Å²) < 4.78 is 4.55. The summed E-state index contributed by atoms with van der Waals surface area (Å²) in [4.78, 5) is 15.1. The fourth-order valence-electron chi connectivity index (χ4n) is 0.978. The lowest BCUT2D eigenvalue weighted by atomic mass is 10.2. The molecule has 0 aliphatic rings. The summed E-state index contributed by atoms with van der Waals surface area (Å²) in [5, 5.41) is 0.674. The van der Waals surface area contributed by atoms with Crippen LogP contribution in [0.1, 0.15) is 12.5 Å². The average molecular weight is 226 g/mol. The zero-order valence-electron chi connectivity index (χ0n) is 8.61. The summed E-state index contributed by atoms with van der Waals surface area (Å²) in [7, 11) is 1.34. The van der Waals surface area contributed by atoms with Crippen molar-refractivity contribution in [3.63, 3.8) is 0 Å². The van der Waals surface area contributed by atoms with Gasteiger partial charge in [-0.05, 0) is 24.6 Å². The summed E-state index contributed by atoms with van der Waals surface area (Å²) in [6, 6.07) is 6.72. The molecule has 0 fully saturated rings. The Hall–Kier alpha value is -1.35. The highest BCUT2D eigenvalue weighted by Crippen LogP contribution is 2.08. The summed E-state index contributed by atoms with van der Waals surface area (Å²) in [6.45, 7) is 1.68. The summed E-state index contributed by atoms with van der Waals surface area (Å²) in [6.07, 6.45) is 1.62. The quantitative estimate of drug-likeness (QED) is 0.585. The molecule has 0 unspecified atom stereocenters. The minimum absolute atomic E-state index is 0.347. The van der Waals surface area contributed by atoms with E-state index in [1.165, 1.54) is 7.11 Å². The molecule has 1 aromatic rings. The first-order valence-electron chi connectivity index (χ1n) is 4.50. The Kier molecular flexibility index (Phi) is 4.31. The number of hydrogen-bond acceptors (Lipinski definition) is 3. The van der Waals surface area contributed by atoms with E-state index in [0.29, 0.717) is 5.02 Å². The molecule has 0 spiro atoms. The van der Waals surface area contributed by atoms with Crippen molar-refractivity contribution < 1.29 is 9.53 Å². The van der Waals surface area contributed by atoms with Gasteiger partial charge in [0.1, 0.15) is 6.04 Å². The van der Waals surface area contributed by atoms with Gasteiger partial charge < -0.3 is 4.74 Å². The second-order valence-corrected chi connectivity index (χ2v) is 3.47. The molecule has 0 heterocycles. The topological polar surface area (TPSA) is 38.7 Å². The molecule has 0 aromatic heterocycles. The van der Waals surface area contributed by atoms with Crippen molar-refractivity contribution in [3.8, 4) is 0 Å². The maximum absolute atomic E-state index is 11.0. The first kappa shape index (κ1) is 11.7. The number of nitrogens with zero attached hydrogens (tertiary/aromatic N) is 1. The van der Waals surface area contributed by atoms with Gasteiger partial charge in [0.2, 0.25) is 0 Å². The van der Waals surface area contributed by atoms with Crippen LogP contribution >= 0.6 is 11.6 Å². The number of methoxy groups -OCH3 is 1. The molecule has 0 aliphatic carbocycles. The molecule has 0 amide bonds. The molecule has 0 radical (unpaired) electrons. The Labute approximate surface area is 93.7 Å². The van der Waals surface area contributed by atoms with E-state index in [1.54, 1.807) is 25.3 Å². The molecular weight excluding hydrogens is 214 g/mol. The molecule has 3 nitrogen and oxygen atoms in total. The fourth-order valence-corrected chi connectivity index (χ4v) is 1.10. The molecule has 1 aromatic carbocycles. The van der Waals surface area contributed by atoms with Crippen LogP contribution in [0.5, 0.6) is 0 Å². The third-order valence-corrected chi connectivity index (χ3v) is 2.11. The van der Waals surface area contributed by atoms with Crippen molar-refractivity contribution in [2.45, 2.75) is 13.0 Å². The van der Waals surface area contributed by atoms with Crippen LogP contribution in [0.4, 0.5) is 0 Å². The van der Waals surface area contributed by atoms with Gasteiger partial charge in [-0.3, -0.25) is 4.99 Å². The number of hydrogen-bond donors (Lipinski definition) is 0. The highest BCUT2D eigenvalue weighted by atomic mass is 35.5. The van der Waals surface area contributed by atoms with Gasteiger partial charge in [0.05, 0.1) is 7.11 Å². The van der Waals surface area contributed by atoms with Crippen LogP contribution in [0.25, 0.3) is 0 Å². The molecule has 1 atom stereocenters. The molecule has 0 saturated carbocycles. The largest absolute Gasteiger partial charge is 0.467 e. The third kappa shape index (κ3) is 3.72. The molecular formula is C11H12ClNO2. The van der Waals surface area contributed by atoms with E-state index in [2.05, 4.69) is 9.73 Å². The second kappa shape index (κ2) is 5.51. The minimum atomic E-state index is -0.481. The van der Waals surface area contributed by atoms with E-state index < -0.39 is 6.04 Å². The molecule has 1 rings (SSSR count). The number of carbonyl (C=O) groups is 1. The smallest absolute Gasteiger partial charge is 0.330 e. The Bertz CT molecular complexity index is 359. The van der Waals surface area contributed by atoms with Gasteiger partial charge in [-0.2, -0.15) is 0 Å². The van der Waals surface area contributed by atoms with Crippen molar-refractivity contribution in [3.05, 3.63) is 34.9 Å². The van der Waals surface area contributed by atoms with Crippen LogP contribution in [0, 0.1) is 0 Å². The van der Waals surface area contributed by atoms with Gasteiger partial charge in [0.25, 0.3) is 0 Å². The predicted octanol–water partition coefficient (Wildman–Crippen LogP) is 2.32. The lowest BCUT2D eigenvalue weighted by Crippen LogP contribution is -2.16. The van der Waals surface area contributed by atoms with Crippen LogP contribution in [-0.2, 0) is 9.53 Å². The van der Waals surface area contributed by atoms with E-state index in [1.807, 2.05) is 12.1 Å². The van der Waals surface area contributed by atoms with Crippen LogP contribution in [0.3, 0.4) is 0 Å². The third-order valence-electron chi connectivity index (χ3n) is 1.86. The number of aliphatic imine (C=N–C) groups is 1. The minimum Gasteiger partial charge on any atom is -0.467 e. The molecule has 4 heteroatoms. The number of esters is 1. The Balaban J connectivity index is 2.65. The SMILES string of the molecule is COC(=O)[C@H](C)N=Cc1ccc(Cl)cc1. The second-order valence-electron chi connectivity index (χ2n) is 3.03. The van der Waals surface area contributed by atoms with Crippen LogP contribution in [0.15, 0.2) is 29.3 Å². The van der Waals surface area contributed by atoms with Gasteiger partial charge in [-0.15, -0.1) is 0 Å². The van der Waals surface area contributed by atoms with Gasteiger partial charge >= 0.3 is 5.97 Å². The van der Waals surface area contributed by atoms with Crippen molar-refractivity contribution in [1.29, 1.82) is 0 Å². The van der Waals surface area contributed by atoms with Crippen LogP contribution < -0.4 is 0 Å². The fraction of sp³-hybridized carbons (Fsp3) is 0.273. The Morgan fingerprint density at radius 1 is 1.47 bits per heavy atom. The van der Waals surface area contributed by atoms with Crippen molar-refractivity contribution >= 4 is 23.8 Å². The van der Waals surface area contributed by atoms with Crippen molar-refractivity contribution in [2.75, 3.05) is 7.11 Å². The highest BCUT2D eigenvalue weighted by molar-refractivity contribution is 6.30. The maximum atomic E-state index is 11.0. The standard InChI is InChI=1S/C11H12ClNO2/c1-8(11(14)15-2)13-7-9-3-5-10(12)6-4-9/h3-8H,1-2H3/t8-/m0/s1. The number of halogens is 1. The van der Waals surface area contributed by atoms with Crippen LogP contribution in [-0.4, -0.2) is 25.3 Å². The normalized spacial score (nSPS) is 12.7. The number of rotatable bonds is 3. The molecule has 0 N–H and O–H groups in total. The first-order chi connectivity index (χ1) is 7.13. The number of ether oxygens (including phenoxy) is 1. The van der Waals surface area contributed by atoms with Gasteiger partial charge in [-0.25, -0.2) is 4.79 Å². The lowest BCUT2D eigenvalue weighted by Gasteiger charge is -2.02. The summed E-state index contributed by atoms with van der Waals surface area (Å²) in [5.41, 5.74) is 0.898.